The summed E-state index contributed by atoms with van der Waals surface area (Å²) in [7, 11) is 0. The van der Waals surface area contributed by atoms with Gasteiger partial charge in [0.15, 0.2) is 0 Å². The third-order valence-electron chi connectivity index (χ3n) is 5.00. The summed E-state index contributed by atoms with van der Waals surface area (Å²) in [5, 5.41) is 0. The lowest BCUT2D eigenvalue weighted by molar-refractivity contribution is -0.0128. The van der Waals surface area contributed by atoms with Crippen LogP contribution >= 0.6 is 0 Å². The van der Waals surface area contributed by atoms with Crippen molar-refractivity contribution < 1.29 is 4.79 Å². The maximum atomic E-state index is 9.87. The molecule has 0 bridgehead atoms. The van der Waals surface area contributed by atoms with Gasteiger partial charge in [0.1, 0.15) is 11.8 Å². The van der Waals surface area contributed by atoms with Crippen LogP contribution in [0.15, 0.2) is 59.7 Å². The van der Waals surface area contributed by atoms with Crippen molar-refractivity contribution in [2.75, 3.05) is 0 Å². The summed E-state index contributed by atoms with van der Waals surface area (Å²) in [5.41, 5.74) is 18.1. The van der Waals surface area contributed by atoms with E-state index in [0.29, 0.717) is 0 Å². The molecule has 2 aromatic carbocycles. The molecule has 0 fully saturated rings. The van der Waals surface area contributed by atoms with Gasteiger partial charge in [-0.1, -0.05) is 71.8 Å². The first-order chi connectivity index (χ1) is 11.2. The van der Waals surface area contributed by atoms with Gasteiger partial charge in [-0.25, -0.2) is 0 Å². The van der Waals surface area contributed by atoms with E-state index in [1.165, 1.54) is 33.4 Å². The van der Waals surface area contributed by atoms with Crippen LogP contribution in [0.3, 0.4) is 0 Å². The Morgan fingerprint density at radius 2 is 1.22 bits per heavy atom. The summed E-state index contributed by atoms with van der Waals surface area (Å²) in [5.74, 6) is 0.103. The molecule has 2 unspecified atom stereocenters. The van der Waals surface area contributed by atoms with Gasteiger partial charge < -0.3 is 5.53 Å². The minimum Gasteiger partial charge on any atom is -0.362 e. The zero-order valence-corrected chi connectivity index (χ0v) is 13.3. The van der Waals surface area contributed by atoms with Crippen LogP contribution in [0.5, 0.6) is 0 Å². The van der Waals surface area contributed by atoms with Gasteiger partial charge in [0.2, 0.25) is 0 Å². The van der Waals surface area contributed by atoms with Gasteiger partial charge in [0.25, 0.3) is 5.71 Å². The highest BCUT2D eigenvalue weighted by Crippen LogP contribution is 2.44. The first-order valence-corrected chi connectivity index (χ1v) is 7.97. The predicted molar refractivity (Wildman–Crippen MR) is 94.3 cm³/mol. The molecule has 0 saturated carbocycles. The number of fused-ring (bicyclic) bond motifs is 2. The fraction of sp³-hybridized carbons (Fsp3) is 0.190. The number of allylic oxidation sites excluding steroid dienone is 2. The first kappa shape index (κ1) is 13.9. The Balaban J connectivity index is 1.85. The van der Waals surface area contributed by atoms with Crippen LogP contribution < -0.4 is 0 Å². The van der Waals surface area contributed by atoms with Gasteiger partial charge in [-0.2, -0.15) is 4.79 Å². The summed E-state index contributed by atoms with van der Waals surface area (Å²) in [6, 6.07) is 16.7. The van der Waals surface area contributed by atoms with Crippen LogP contribution in [0.4, 0.5) is 0 Å². The highest BCUT2D eigenvalue weighted by molar-refractivity contribution is 6.02. The molecular formula is C21H18N2. The van der Waals surface area contributed by atoms with E-state index >= 15 is 0 Å². The number of rotatable bonds is 2. The van der Waals surface area contributed by atoms with Crippen LogP contribution in [0, 0.1) is 0 Å². The predicted octanol–water partition coefficient (Wildman–Crippen LogP) is 5.06. The molecule has 2 atom stereocenters. The SMILES string of the molecule is CC1=Cc2ccccc2C1C(=[N+]=[N-])C1C(C)=Cc2ccccc21. The topological polar surface area (TPSA) is 36.4 Å². The lowest BCUT2D eigenvalue weighted by Crippen LogP contribution is -2.21. The van der Waals surface area contributed by atoms with Gasteiger partial charge in [-0.15, -0.1) is 0 Å². The van der Waals surface area contributed by atoms with E-state index in [2.05, 4.69) is 79.3 Å². The third kappa shape index (κ3) is 2.03. The highest BCUT2D eigenvalue weighted by atomic mass is 14.9. The minimum absolute atomic E-state index is 0.0516. The molecule has 0 amide bonds. The first-order valence-electron chi connectivity index (χ1n) is 7.97. The van der Waals surface area contributed by atoms with Crippen LogP contribution in [0.2, 0.25) is 0 Å². The van der Waals surface area contributed by atoms with E-state index in [9.17, 15) is 5.53 Å². The average Bonchev–Trinajstić information content (AvgIpc) is 3.06. The molecule has 2 nitrogen and oxygen atoms in total. The summed E-state index contributed by atoms with van der Waals surface area (Å²) < 4.78 is 0. The van der Waals surface area contributed by atoms with Crippen molar-refractivity contribution in [2.24, 2.45) is 0 Å². The largest absolute Gasteiger partial charge is 0.362 e. The molecule has 2 aromatic rings. The van der Waals surface area contributed by atoms with Crippen molar-refractivity contribution in [3.05, 3.63) is 87.5 Å². The van der Waals surface area contributed by atoms with Gasteiger partial charge >= 0.3 is 0 Å². The van der Waals surface area contributed by atoms with Crippen molar-refractivity contribution in [1.29, 1.82) is 0 Å². The minimum atomic E-state index is 0.0516. The standard InChI is InChI=1S/C21H18N2/c1-13-11-15-7-3-5-9-17(15)19(13)21(23-22)20-14(2)12-16-8-4-6-10-18(16)20/h3-12,19-20H,1-2H3. The summed E-state index contributed by atoms with van der Waals surface area (Å²) in [4.78, 5) is 3.79. The molecule has 2 aliphatic carbocycles. The Bertz CT molecular complexity index is 841. The molecule has 0 heterocycles. The summed E-state index contributed by atoms with van der Waals surface area (Å²) in [6.07, 6.45) is 4.40. The molecule has 4 rings (SSSR count). The third-order valence-corrected chi connectivity index (χ3v) is 5.00. The van der Waals surface area contributed by atoms with E-state index < -0.39 is 0 Å². The Hall–Kier alpha value is -2.70. The zero-order chi connectivity index (χ0) is 16.0. The molecule has 2 heteroatoms. The zero-order valence-electron chi connectivity index (χ0n) is 13.3. The van der Waals surface area contributed by atoms with Crippen molar-refractivity contribution >= 4 is 17.9 Å². The van der Waals surface area contributed by atoms with Crippen molar-refractivity contribution in [2.45, 2.75) is 25.7 Å². The smallest absolute Gasteiger partial charge is 0.291 e. The van der Waals surface area contributed by atoms with E-state index in [1.807, 2.05) is 0 Å². The molecule has 0 spiro atoms. The summed E-state index contributed by atoms with van der Waals surface area (Å²) in [6.45, 7) is 4.24. The van der Waals surface area contributed by atoms with Gasteiger partial charge in [0.05, 0.1) is 0 Å². The van der Waals surface area contributed by atoms with Crippen molar-refractivity contribution in [1.82, 2.24) is 0 Å². The fourth-order valence-electron chi connectivity index (χ4n) is 4.03. The molecular weight excluding hydrogens is 280 g/mol. The Morgan fingerprint density at radius 1 is 0.783 bits per heavy atom. The number of benzene rings is 2. The lowest BCUT2D eigenvalue weighted by Gasteiger charge is -2.17. The summed E-state index contributed by atoms with van der Waals surface area (Å²) >= 11 is 0. The molecule has 23 heavy (non-hydrogen) atoms. The van der Waals surface area contributed by atoms with Crippen LogP contribution in [-0.4, -0.2) is 10.5 Å². The molecule has 0 radical (unpaired) electrons. The second kappa shape index (κ2) is 5.19. The molecule has 2 aliphatic rings. The molecule has 112 valence electrons. The van der Waals surface area contributed by atoms with E-state index in [1.54, 1.807) is 0 Å². The van der Waals surface area contributed by atoms with Crippen LogP contribution in [0.1, 0.15) is 47.9 Å². The monoisotopic (exact) mass is 298 g/mol. The van der Waals surface area contributed by atoms with E-state index in [-0.39, 0.29) is 11.8 Å². The quantitative estimate of drug-likeness (QED) is 0.422. The van der Waals surface area contributed by atoms with E-state index in [0.717, 1.165) is 5.71 Å². The lowest BCUT2D eigenvalue weighted by atomic mass is 9.80. The Morgan fingerprint density at radius 3 is 1.65 bits per heavy atom. The number of hydrogen-bond acceptors (Lipinski definition) is 0. The molecule has 0 aromatic heterocycles. The second-order valence-corrected chi connectivity index (χ2v) is 6.43. The van der Waals surface area contributed by atoms with Crippen LogP contribution in [-0.2, 0) is 0 Å². The average molecular weight is 298 g/mol. The Kier molecular flexibility index (Phi) is 3.14. The maximum absolute atomic E-state index is 9.87. The van der Waals surface area contributed by atoms with Crippen molar-refractivity contribution in [3.8, 4) is 0 Å². The van der Waals surface area contributed by atoms with Crippen LogP contribution in [0.25, 0.3) is 17.7 Å². The van der Waals surface area contributed by atoms with Gasteiger partial charge in [-0.3, -0.25) is 0 Å². The fourth-order valence-corrected chi connectivity index (χ4v) is 4.03. The van der Waals surface area contributed by atoms with Gasteiger partial charge in [0, 0.05) is 0 Å². The second-order valence-electron chi connectivity index (χ2n) is 6.43. The van der Waals surface area contributed by atoms with E-state index in [4.69, 9.17) is 0 Å². The maximum Gasteiger partial charge on any atom is 0.291 e. The van der Waals surface area contributed by atoms with Crippen molar-refractivity contribution in [3.63, 3.8) is 0 Å². The number of nitrogens with zero attached hydrogens (tertiary/aromatic N) is 2. The number of hydrogen-bond donors (Lipinski definition) is 0. The Labute approximate surface area is 136 Å². The highest BCUT2D eigenvalue weighted by Gasteiger charge is 2.41. The molecule has 0 N–H and O–H groups in total. The van der Waals surface area contributed by atoms with Gasteiger partial charge in [-0.05, 0) is 36.1 Å². The molecule has 0 saturated heterocycles. The molecule has 0 aliphatic heterocycles. The normalized spacial score (nSPS) is 21.1.